The lowest BCUT2D eigenvalue weighted by atomic mass is 9.91. The predicted octanol–water partition coefficient (Wildman–Crippen LogP) is 5.40. The van der Waals surface area contributed by atoms with Gasteiger partial charge in [0.2, 0.25) is 11.8 Å². The number of phenolic OH excluding ortho intramolecular Hbond substituents is 1. The number of thioether (sulfide) groups is 1. The van der Waals surface area contributed by atoms with Crippen LogP contribution in [0.5, 0.6) is 5.75 Å². The van der Waals surface area contributed by atoms with Crippen LogP contribution in [0.4, 0.5) is 4.79 Å². The first-order chi connectivity index (χ1) is 17.3. The van der Waals surface area contributed by atoms with E-state index in [0.29, 0.717) is 30.7 Å². The van der Waals surface area contributed by atoms with Crippen LogP contribution in [-0.4, -0.2) is 63.6 Å². The molecular weight excluding hydrogens is 490 g/mol. The Labute approximate surface area is 227 Å². The summed E-state index contributed by atoms with van der Waals surface area (Å²) in [6.07, 6.45) is 5.08. The molecule has 2 unspecified atom stereocenters. The van der Waals surface area contributed by atoms with Gasteiger partial charge in [0.05, 0.1) is 0 Å². The van der Waals surface area contributed by atoms with Crippen LogP contribution in [0.3, 0.4) is 0 Å². The first-order valence-corrected chi connectivity index (χ1v) is 14.5. The molecule has 0 aliphatic carbocycles. The van der Waals surface area contributed by atoms with Gasteiger partial charge in [-0.2, -0.15) is 11.8 Å². The second kappa shape index (κ2) is 15.1. The molecule has 3 N–H and O–H groups in total. The van der Waals surface area contributed by atoms with E-state index in [1.165, 1.54) is 12.1 Å². The number of carbonyl (C=O) groups excluding carboxylic acids is 3. The maximum absolute atomic E-state index is 14.2. The van der Waals surface area contributed by atoms with Crippen LogP contribution < -0.4 is 10.6 Å². The second-order valence-electron chi connectivity index (χ2n) is 10.8. The fourth-order valence-corrected chi connectivity index (χ4v) is 4.29. The van der Waals surface area contributed by atoms with E-state index in [4.69, 9.17) is 4.74 Å². The average molecular weight is 538 g/mol. The van der Waals surface area contributed by atoms with Crippen LogP contribution >= 0.6 is 11.8 Å². The van der Waals surface area contributed by atoms with Crippen molar-refractivity contribution in [2.75, 3.05) is 18.6 Å². The van der Waals surface area contributed by atoms with Crippen molar-refractivity contribution in [2.24, 2.45) is 0 Å². The Balaban J connectivity index is 3.51. The fourth-order valence-electron chi connectivity index (χ4n) is 3.81. The zero-order chi connectivity index (χ0) is 28.2. The normalized spacial score (nSPS) is 13.4. The van der Waals surface area contributed by atoms with Gasteiger partial charge in [-0.25, -0.2) is 4.79 Å². The smallest absolute Gasteiger partial charge is 0.408 e. The minimum atomic E-state index is -0.943. The van der Waals surface area contributed by atoms with E-state index in [-0.39, 0.29) is 17.6 Å². The summed E-state index contributed by atoms with van der Waals surface area (Å²) in [4.78, 5) is 42.2. The van der Waals surface area contributed by atoms with Gasteiger partial charge < -0.3 is 25.4 Å². The van der Waals surface area contributed by atoms with E-state index in [2.05, 4.69) is 17.6 Å². The molecule has 1 rings (SSSR count). The molecule has 8 nitrogen and oxygen atoms in total. The summed E-state index contributed by atoms with van der Waals surface area (Å²) in [7, 11) is 0. The third-order valence-electron chi connectivity index (χ3n) is 6.15. The van der Waals surface area contributed by atoms with Gasteiger partial charge >= 0.3 is 6.09 Å². The van der Waals surface area contributed by atoms with Crippen molar-refractivity contribution in [3.8, 4) is 5.75 Å². The number of nitrogens with zero attached hydrogens (tertiary/aromatic N) is 1. The third kappa shape index (κ3) is 10.8. The molecule has 0 aromatic heterocycles. The Hall–Kier alpha value is -2.42. The minimum Gasteiger partial charge on any atom is -0.508 e. The summed E-state index contributed by atoms with van der Waals surface area (Å²) in [6, 6.07) is 4.53. The maximum atomic E-state index is 14.2. The van der Waals surface area contributed by atoms with E-state index < -0.39 is 29.3 Å². The number of hydrogen-bond acceptors (Lipinski definition) is 6. The van der Waals surface area contributed by atoms with Crippen molar-refractivity contribution in [3.05, 3.63) is 29.8 Å². The van der Waals surface area contributed by atoms with Gasteiger partial charge in [0.25, 0.3) is 0 Å². The summed E-state index contributed by atoms with van der Waals surface area (Å²) in [6.45, 7) is 13.7. The molecule has 0 saturated heterocycles. The van der Waals surface area contributed by atoms with Gasteiger partial charge in [-0.3, -0.25) is 9.59 Å². The molecule has 0 heterocycles. The van der Waals surface area contributed by atoms with Crippen LogP contribution in [-0.2, 0) is 14.3 Å². The van der Waals surface area contributed by atoms with E-state index in [0.717, 1.165) is 19.3 Å². The summed E-state index contributed by atoms with van der Waals surface area (Å²) in [5.74, 6) is 0.0636. The summed E-state index contributed by atoms with van der Waals surface area (Å²) in [5, 5.41) is 15.6. The van der Waals surface area contributed by atoms with Crippen molar-refractivity contribution in [3.63, 3.8) is 0 Å². The predicted molar refractivity (Wildman–Crippen MR) is 151 cm³/mol. The highest BCUT2D eigenvalue weighted by Crippen LogP contribution is 2.33. The molecule has 210 valence electrons. The van der Waals surface area contributed by atoms with Crippen molar-refractivity contribution < 1.29 is 24.2 Å². The first kappa shape index (κ1) is 32.6. The lowest BCUT2D eigenvalue weighted by Gasteiger charge is -2.44. The number of carbonyl (C=O) groups is 3. The summed E-state index contributed by atoms with van der Waals surface area (Å²) in [5.41, 5.74) is -0.846. The first-order valence-electron chi connectivity index (χ1n) is 13.2. The van der Waals surface area contributed by atoms with E-state index in [1.54, 1.807) is 49.6 Å². The SMILES string of the molecule is CCCCCNC(=O)C(c1ccc(O)cc1)N(C(=O)C(CCSC)NC(=O)OC(C)(C)C)C(C)(C)CC. The third-order valence-corrected chi connectivity index (χ3v) is 6.79. The highest BCUT2D eigenvalue weighted by atomic mass is 32.2. The highest BCUT2D eigenvalue weighted by Gasteiger charge is 2.43. The lowest BCUT2D eigenvalue weighted by Crippen LogP contribution is -2.59. The van der Waals surface area contributed by atoms with Crippen LogP contribution in [0.2, 0.25) is 0 Å². The van der Waals surface area contributed by atoms with E-state index >= 15 is 0 Å². The molecule has 1 aromatic rings. The molecule has 0 aliphatic rings. The van der Waals surface area contributed by atoms with Crippen molar-refractivity contribution >= 4 is 29.7 Å². The zero-order valence-electron chi connectivity index (χ0n) is 23.8. The number of benzene rings is 1. The number of rotatable bonds is 14. The quantitative estimate of drug-likeness (QED) is 0.274. The monoisotopic (exact) mass is 537 g/mol. The number of alkyl carbamates (subject to hydrolysis) is 1. The Kier molecular flexibility index (Phi) is 13.3. The molecule has 0 saturated carbocycles. The number of unbranched alkanes of at least 4 members (excludes halogenated alkanes) is 2. The molecule has 0 fully saturated rings. The average Bonchev–Trinajstić information content (AvgIpc) is 2.81. The van der Waals surface area contributed by atoms with Gasteiger partial charge in [-0.15, -0.1) is 0 Å². The number of hydrogen-bond donors (Lipinski definition) is 3. The number of ether oxygens (including phenoxy) is 1. The van der Waals surface area contributed by atoms with Crippen molar-refractivity contribution in [1.29, 1.82) is 0 Å². The molecule has 0 radical (unpaired) electrons. The van der Waals surface area contributed by atoms with Crippen molar-refractivity contribution in [2.45, 2.75) is 104 Å². The Bertz CT molecular complexity index is 868. The Morgan fingerprint density at radius 1 is 1.05 bits per heavy atom. The number of amides is 3. The van der Waals surface area contributed by atoms with E-state index in [1.807, 2.05) is 27.0 Å². The van der Waals surface area contributed by atoms with Gasteiger partial charge in [0, 0.05) is 12.1 Å². The molecule has 1 aromatic carbocycles. The molecule has 0 aliphatic heterocycles. The minimum absolute atomic E-state index is 0.0721. The molecule has 0 bridgehead atoms. The number of phenols is 1. The Morgan fingerprint density at radius 2 is 1.68 bits per heavy atom. The topological polar surface area (TPSA) is 108 Å². The molecular formula is C28H47N3O5S. The molecule has 37 heavy (non-hydrogen) atoms. The van der Waals surface area contributed by atoms with Gasteiger partial charge in [0.15, 0.2) is 0 Å². The second-order valence-corrected chi connectivity index (χ2v) is 11.8. The maximum Gasteiger partial charge on any atom is 0.408 e. The molecule has 0 spiro atoms. The molecule has 2 atom stereocenters. The highest BCUT2D eigenvalue weighted by molar-refractivity contribution is 7.98. The van der Waals surface area contributed by atoms with Crippen LogP contribution in [0.15, 0.2) is 24.3 Å². The van der Waals surface area contributed by atoms with Gasteiger partial charge in [-0.1, -0.05) is 38.8 Å². The van der Waals surface area contributed by atoms with Crippen LogP contribution in [0.1, 0.15) is 92.2 Å². The lowest BCUT2D eigenvalue weighted by molar-refractivity contribution is -0.149. The van der Waals surface area contributed by atoms with Crippen LogP contribution in [0, 0.1) is 0 Å². The standard InChI is InChI=1S/C28H47N3O5S/c1-9-11-12-18-29-24(33)23(20-13-15-21(32)16-14-20)31(28(6,7)10-2)25(34)22(17-19-37-8)30-26(35)36-27(3,4)5/h13-16,22-23,32H,9-12,17-19H2,1-8H3,(H,29,33)(H,30,35). The van der Waals surface area contributed by atoms with Gasteiger partial charge in [0.1, 0.15) is 23.4 Å². The Morgan fingerprint density at radius 3 is 2.19 bits per heavy atom. The number of aromatic hydroxyl groups is 1. The van der Waals surface area contributed by atoms with Crippen molar-refractivity contribution in [1.82, 2.24) is 15.5 Å². The molecule has 3 amide bonds. The summed E-state index contributed by atoms with van der Waals surface area (Å²) < 4.78 is 5.44. The van der Waals surface area contributed by atoms with Gasteiger partial charge in [-0.05, 0) is 83.6 Å². The zero-order valence-corrected chi connectivity index (χ0v) is 24.7. The fraction of sp³-hybridized carbons (Fsp3) is 0.679. The number of nitrogens with one attached hydrogen (secondary N) is 2. The molecule has 9 heteroatoms. The summed E-state index contributed by atoms with van der Waals surface area (Å²) >= 11 is 1.57. The van der Waals surface area contributed by atoms with E-state index in [9.17, 15) is 19.5 Å². The van der Waals surface area contributed by atoms with Crippen LogP contribution in [0.25, 0.3) is 0 Å². The largest absolute Gasteiger partial charge is 0.508 e.